The van der Waals surface area contributed by atoms with Gasteiger partial charge in [0.1, 0.15) is 17.2 Å². The van der Waals surface area contributed by atoms with Crippen molar-refractivity contribution in [3.05, 3.63) is 68.7 Å². The molecule has 0 amide bonds. The molecular formula is C22H22Cl2F2O3. The molecule has 0 aliphatic carbocycles. The lowest BCUT2D eigenvalue weighted by atomic mass is 9.89. The quantitative estimate of drug-likeness (QED) is 0.367. The summed E-state index contributed by atoms with van der Waals surface area (Å²) in [6, 6.07) is 6.24. The Balaban J connectivity index is 2.41. The lowest BCUT2D eigenvalue weighted by Crippen LogP contribution is -2.25. The number of hydrogen-bond acceptors (Lipinski definition) is 3. The Morgan fingerprint density at radius 1 is 1.07 bits per heavy atom. The molecule has 0 N–H and O–H groups in total. The van der Waals surface area contributed by atoms with Crippen LogP contribution in [0.25, 0.3) is 0 Å². The second kappa shape index (κ2) is 9.23. The van der Waals surface area contributed by atoms with Crippen LogP contribution in [0.1, 0.15) is 67.9 Å². The molecule has 0 saturated carbocycles. The van der Waals surface area contributed by atoms with Crippen LogP contribution in [0.5, 0.6) is 0 Å². The summed E-state index contributed by atoms with van der Waals surface area (Å²) in [7, 11) is 0. The number of carbonyl (C=O) groups is 2. The van der Waals surface area contributed by atoms with Crippen molar-refractivity contribution in [3.63, 3.8) is 0 Å². The number of benzene rings is 2. The third-order valence-electron chi connectivity index (χ3n) is 4.30. The van der Waals surface area contributed by atoms with Crippen molar-refractivity contribution in [2.24, 2.45) is 0 Å². The molecule has 0 bridgehead atoms. The van der Waals surface area contributed by atoms with E-state index in [-0.39, 0.29) is 33.2 Å². The molecule has 0 aromatic heterocycles. The lowest BCUT2D eigenvalue weighted by molar-refractivity contribution is -0.155. The van der Waals surface area contributed by atoms with Crippen LogP contribution in [-0.4, -0.2) is 17.4 Å². The fraction of sp³-hybridized carbons (Fsp3) is 0.364. The second-order valence-corrected chi connectivity index (χ2v) is 8.49. The van der Waals surface area contributed by atoms with Gasteiger partial charge < -0.3 is 4.74 Å². The highest BCUT2D eigenvalue weighted by molar-refractivity contribution is 6.35. The van der Waals surface area contributed by atoms with Crippen molar-refractivity contribution in [3.8, 4) is 0 Å². The first-order chi connectivity index (χ1) is 13.4. The zero-order valence-electron chi connectivity index (χ0n) is 16.6. The number of hydrogen-bond donors (Lipinski definition) is 0. The van der Waals surface area contributed by atoms with Crippen molar-refractivity contribution in [1.82, 2.24) is 0 Å². The highest BCUT2D eigenvalue weighted by Gasteiger charge is 2.27. The topological polar surface area (TPSA) is 43.4 Å². The normalized spacial score (nSPS) is 12.6. The maximum Gasteiger partial charge on any atom is 0.306 e. The van der Waals surface area contributed by atoms with E-state index >= 15 is 4.39 Å². The molecule has 0 saturated heterocycles. The Bertz CT molecular complexity index is 936. The maximum atomic E-state index is 15.3. The van der Waals surface area contributed by atoms with E-state index in [4.69, 9.17) is 27.9 Å². The van der Waals surface area contributed by atoms with Gasteiger partial charge in [-0.1, -0.05) is 36.2 Å². The van der Waals surface area contributed by atoms with Crippen molar-refractivity contribution in [2.75, 3.05) is 0 Å². The first kappa shape index (κ1) is 23.3. The summed E-state index contributed by atoms with van der Waals surface area (Å²) >= 11 is 11.8. The van der Waals surface area contributed by atoms with Gasteiger partial charge in [-0.2, -0.15) is 0 Å². The molecule has 1 atom stereocenters. The first-order valence-electron chi connectivity index (χ1n) is 9.14. The predicted octanol–water partition coefficient (Wildman–Crippen LogP) is 6.73. The lowest BCUT2D eigenvalue weighted by Gasteiger charge is -2.22. The summed E-state index contributed by atoms with van der Waals surface area (Å²) in [5, 5.41) is -0.330. The van der Waals surface area contributed by atoms with Crippen molar-refractivity contribution < 1.29 is 23.1 Å². The zero-order chi connectivity index (χ0) is 21.9. The van der Waals surface area contributed by atoms with Crippen LogP contribution in [0.4, 0.5) is 8.78 Å². The van der Waals surface area contributed by atoms with Gasteiger partial charge in [-0.05, 0) is 62.9 Å². The van der Waals surface area contributed by atoms with E-state index in [1.807, 2.05) is 6.92 Å². The Hall–Kier alpha value is -1.98. The van der Waals surface area contributed by atoms with Crippen LogP contribution in [-0.2, 0) is 9.53 Å². The minimum Gasteiger partial charge on any atom is -0.460 e. The van der Waals surface area contributed by atoms with Gasteiger partial charge in [0.05, 0.1) is 22.0 Å². The molecule has 0 fully saturated rings. The van der Waals surface area contributed by atoms with Crippen LogP contribution < -0.4 is 0 Å². The van der Waals surface area contributed by atoms with Crippen molar-refractivity contribution >= 4 is 35.0 Å². The highest BCUT2D eigenvalue weighted by Crippen LogP contribution is 2.33. The molecule has 0 heterocycles. The van der Waals surface area contributed by atoms with E-state index in [0.717, 1.165) is 12.1 Å². The number of ketones is 1. The molecule has 156 valence electrons. The molecule has 0 aliphatic heterocycles. The van der Waals surface area contributed by atoms with Gasteiger partial charge in [-0.25, -0.2) is 8.78 Å². The fourth-order valence-electron chi connectivity index (χ4n) is 2.93. The Morgan fingerprint density at radius 3 is 2.28 bits per heavy atom. The molecule has 0 radical (unpaired) electrons. The largest absolute Gasteiger partial charge is 0.460 e. The standard InChI is InChI=1S/C22H22Cl2F2O3/c1-5-12(11-18(27)29-22(2,3)4)14-7-8-15(23)19(20(14)26)21(28)13-6-9-17(25)16(24)10-13/h6-10,12H,5,11H2,1-4H3/t12-/m0/s1. The van der Waals surface area contributed by atoms with Crippen LogP contribution in [0.15, 0.2) is 30.3 Å². The molecule has 7 heteroatoms. The zero-order valence-corrected chi connectivity index (χ0v) is 18.1. The molecule has 2 aromatic rings. The van der Waals surface area contributed by atoms with Crippen molar-refractivity contribution in [2.45, 2.75) is 52.1 Å². The average molecular weight is 443 g/mol. The molecule has 0 unspecified atom stereocenters. The summed E-state index contributed by atoms with van der Waals surface area (Å²) in [4.78, 5) is 25.0. The third-order valence-corrected chi connectivity index (χ3v) is 4.90. The maximum absolute atomic E-state index is 15.3. The van der Waals surface area contributed by atoms with Gasteiger partial charge in [-0.15, -0.1) is 0 Å². The van der Waals surface area contributed by atoms with E-state index in [9.17, 15) is 14.0 Å². The highest BCUT2D eigenvalue weighted by atomic mass is 35.5. The summed E-state index contributed by atoms with van der Waals surface area (Å²) in [5.41, 5.74) is -0.792. The van der Waals surface area contributed by atoms with Crippen LogP contribution in [0, 0.1) is 11.6 Å². The van der Waals surface area contributed by atoms with Crippen molar-refractivity contribution in [1.29, 1.82) is 0 Å². The van der Waals surface area contributed by atoms with Gasteiger partial charge in [0.25, 0.3) is 0 Å². The Kier molecular flexibility index (Phi) is 7.41. The second-order valence-electron chi connectivity index (χ2n) is 7.68. The monoisotopic (exact) mass is 442 g/mol. The van der Waals surface area contributed by atoms with Gasteiger partial charge in [0.2, 0.25) is 0 Å². The molecule has 2 rings (SSSR count). The third kappa shape index (κ3) is 5.77. The van der Waals surface area contributed by atoms with E-state index < -0.39 is 34.9 Å². The van der Waals surface area contributed by atoms with Crippen LogP contribution >= 0.6 is 23.2 Å². The van der Waals surface area contributed by atoms with Gasteiger partial charge >= 0.3 is 5.97 Å². The van der Waals surface area contributed by atoms with E-state index in [0.29, 0.717) is 6.42 Å². The minimum absolute atomic E-state index is 0.00883. The van der Waals surface area contributed by atoms with Crippen LogP contribution in [0.3, 0.4) is 0 Å². The predicted molar refractivity (Wildman–Crippen MR) is 110 cm³/mol. The molecule has 0 spiro atoms. The minimum atomic E-state index is -0.807. The fourth-order valence-corrected chi connectivity index (χ4v) is 3.34. The number of esters is 1. The molecule has 2 aromatic carbocycles. The summed E-state index contributed by atoms with van der Waals surface area (Å²) in [6.07, 6.45) is 0.413. The van der Waals surface area contributed by atoms with E-state index in [1.54, 1.807) is 20.8 Å². The number of rotatable bonds is 6. The molecule has 29 heavy (non-hydrogen) atoms. The Morgan fingerprint density at radius 2 is 1.72 bits per heavy atom. The molecule has 0 aliphatic rings. The summed E-state index contributed by atoms with van der Waals surface area (Å²) < 4.78 is 34.0. The summed E-state index contributed by atoms with van der Waals surface area (Å²) in [6.45, 7) is 7.06. The summed E-state index contributed by atoms with van der Waals surface area (Å²) in [5.74, 6) is -3.17. The number of halogens is 4. The van der Waals surface area contributed by atoms with E-state index in [1.165, 1.54) is 18.2 Å². The SMILES string of the molecule is CC[C@@H](CC(=O)OC(C)(C)C)c1ccc(Cl)c(C(=O)c2ccc(F)c(Cl)c2)c1F. The Labute approximate surface area is 179 Å². The van der Waals surface area contributed by atoms with Gasteiger partial charge in [0, 0.05) is 5.56 Å². The number of ether oxygens (including phenoxy) is 1. The molecule has 3 nitrogen and oxygen atoms in total. The smallest absolute Gasteiger partial charge is 0.306 e. The van der Waals surface area contributed by atoms with Gasteiger partial charge in [-0.3, -0.25) is 9.59 Å². The number of carbonyl (C=O) groups excluding carboxylic acids is 2. The van der Waals surface area contributed by atoms with Gasteiger partial charge in [0.15, 0.2) is 5.78 Å². The first-order valence-corrected chi connectivity index (χ1v) is 9.89. The molecular weight excluding hydrogens is 421 g/mol. The van der Waals surface area contributed by atoms with Crippen LogP contribution in [0.2, 0.25) is 10.0 Å². The average Bonchev–Trinajstić information content (AvgIpc) is 2.61. The van der Waals surface area contributed by atoms with E-state index in [2.05, 4.69) is 0 Å².